The van der Waals surface area contributed by atoms with Gasteiger partial charge >= 0.3 is 7.12 Å². The highest BCUT2D eigenvalue weighted by molar-refractivity contribution is 6.43. The minimum atomic E-state index is -3.44. The Morgan fingerprint density at radius 3 is 2.65 bits per heavy atom. The third-order valence-electron chi connectivity index (χ3n) is 2.79. The Morgan fingerprint density at radius 1 is 1.35 bits per heavy atom. The molecule has 1 aromatic carbocycles. The van der Waals surface area contributed by atoms with E-state index in [4.69, 9.17) is 34.2 Å². The summed E-state index contributed by atoms with van der Waals surface area (Å²) < 4.78 is 60.2. The molecule has 0 saturated carbocycles. The molecule has 23 heavy (non-hydrogen) atoms. The first kappa shape index (κ1) is 10.7. The molecule has 1 rings (SSSR count). The first-order chi connectivity index (χ1) is 13.8. The van der Waals surface area contributed by atoms with Crippen LogP contribution in [0.5, 0.6) is 0 Å². The van der Waals surface area contributed by atoms with Gasteiger partial charge in [-0.1, -0.05) is 36.9 Å². The number of carbonyl (C=O) groups is 2. The third-order valence-corrected chi connectivity index (χ3v) is 3.35. The summed E-state index contributed by atoms with van der Waals surface area (Å²) in [4.78, 5) is 24.5. The second-order valence-electron chi connectivity index (χ2n) is 4.65. The minimum absolute atomic E-state index is 0.0382. The molecular weight excluding hydrogens is 340 g/mol. The lowest BCUT2D eigenvalue weighted by Gasteiger charge is -2.19. The molecule has 8 heteroatoms. The maximum Gasteiger partial charge on any atom is 0.475 e. The Hall–Kier alpha value is -1.08. The molecule has 0 heterocycles. The number of rotatable bonds is 8. The van der Waals surface area contributed by atoms with E-state index in [9.17, 15) is 19.6 Å². The number of hydrogen-bond donors (Lipinski definition) is 3. The molecule has 1 atom stereocenters. The molecule has 1 amide bonds. The van der Waals surface area contributed by atoms with E-state index in [0.717, 1.165) is 0 Å². The van der Waals surface area contributed by atoms with Gasteiger partial charge in [0.2, 0.25) is 5.91 Å². The second-order valence-corrected chi connectivity index (χ2v) is 5.49. The van der Waals surface area contributed by atoms with E-state index < -0.39 is 63.6 Å². The molecular formula is C15H20BCl2NO4. The predicted octanol–water partition coefficient (Wildman–Crippen LogP) is 2.50. The van der Waals surface area contributed by atoms with Crippen molar-refractivity contribution in [1.82, 2.24) is 5.32 Å². The van der Waals surface area contributed by atoms with E-state index >= 15 is 0 Å². The van der Waals surface area contributed by atoms with Gasteiger partial charge in [-0.15, -0.1) is 0 Å². The zero-order valence-corrected chi connectivity index (χ0v) is 13.4. The Morgan fingerprint density at radius 2 is 2.04 bits per heavy atom. The van der Waals surface area contributed by atoms with Crippen molar-refractivity contribution >= 4 is 42.0 Å². The van der Waals surface area contributed by atoms with Gasteiger partial charge in [-0.3, -0.25) is 9.59 Å². The smallest absolute Gasteiger partial charge is 0.426 e. The molecule has 0 aliphatic heterocycles. The average Bonchev–Trinajstić information content (AvgIpc) is 2.59. The first-order valence-electron chi connectivity index (χ1n) is 10.5. The van der Waals surface area contributed by atoms with Crippen LogP contribution in [0.4, 0.5) is 0 Å². The average molecular weight is 368 g/mol. The summed E-state index contributed by atoms with van der Waals surface area (Å²) in [5, 5.41) is 21.2. The minimum Gasteiger partial charge on any atom is -0.426 e. The topological polar surface area (TPSA) is 86.6 Å². The number of hydrogen-bond acceptors (Lipinski definition) is 4. The molecule has 0 aromatic heterocycles. The first-order valence-corrected chi connectivity index (χ1v) is 7.25. The van der Waals surface area contributed by atoms with Crippen LogP contribution in [0.15, 0.2) is 18.2 Å². The van der Waals surface area contributed by atoms with E-state index in [0.29, 0.717) is 0 Å². The van der Waals surface area contributed by atoms with Crippen LogP contribution >= 0.6 is 23.2 Å². The van der Waals surface area contributed by atoms with E-state index in [1.807, 2.05) is 5.32 Å². The van der Waals surface area contributed by atoms with Crippen molar-refractivity contribution in [2.24, 2.45) is 5.89 Å². The number of benzene rings is 1. The fourth-order valence-corrected chi connectivity index (χ4v) is 2.10. The molecule has 0 bridgehead atoms. The molecule has 5 nitrogen and oxygen atoms in total. The van der Waals surface area contributed by atoms with Crippen LogP contribution in [0, 0.1) is 5.89 Å². The van der Waals surface area contributed by atoms with Gasteiger partial charge in [-0.05, 0) is 30.5 Å². The van der Waals surface area contributed by atoms with Crippen molar-refractivity contribution in [2.45, 2.75) is 38.9 Å². The third kappa shape index (κ3) is 6.91. The molecule has 0 unspecified atom stereocenters. The summed E-state index contributed by atoms with van der Waals surface area (Å²) in [7, 11) is -2.72. The molecule has 126 valence electrons. The van der Waals surface area contributed by atoms with Crippen molar-refractivity contribution < 1.29 is 30.6 Å². The molecule has 3 N–H and O–H groups in total. The lowest BCUT2D eigenvalue weighted by molar-refractivity contribution is -0.121. The zero-order valence-electron chi connectivity index (χ0n) is 19.9. The van der Waals surface area contributed by atoms with Gasteiger partial charge in [-0.2, -0.15) is 0 Å². The number of ketones is 1. The molecule has 0 aliphatic rings. The Labute approximate surface area is 157 Å². The normalized spacial score (nSPS) is 20.2. The van der Waals surface area contributed by atoms with Crippen LogP contribution in [0.1, 0.15) is 54.3 Å². The van der Waals surface area contributed by atoms with E-state index in [-0.39, 0.29) is 15.6 Å². The highest BCUT2D eigenvalue weighted by Gasteiger charge is 2.26. The largest absolute Gasteiger partial charge is 0.475 e. The van der Waals surface area contributed by atoms with E-state index in [1.165, 1.54) is 18.2 Å². The van der Waals surface area contributed by atoms with Crippen LogP contribution < -0.4 is 5.32 Å². The summed E-state index contributed by atoms with van der Waals surface area (Å²) in [6, 6.07) is 4.12. The molecule has 0 spiro atoms. The molecule has 0 aliphatic carbocycles. The van der Waals surface area contributed by atoms with Gasteiger partial charge in [0.05, 0.1) is 10.9 Å². The fraction of sp³-hybridized carbons (Fsp3) is 0.467. The Kier molecular flexibility index (Phi) is 4.32. The summed E-state index contributed by atoms with van der Waals surface area (Å²) in [6.45, 7) is -6.88. The van der Waals surface area contributed by atoms with Crippen molar-refractivity contribution in [3.05, 3.63) is 33.8 Å². The summed E-state index contributed by atoms with van der Waals surface area (Å²) in [5.74, 6) is -7.89. The standard InChI is InChI=1S/C15H20BCl2NO4/c1-9(2)7-14(16(22)23)19-15(21)6-5-13(20)11-8-10(17)3-4-12(11)18/h3-4,8-9,14,22-23H,5-7H2,1-2H3,(H,19,21)/t14-/m1/s1/i1D3,2D3,9D,14D. The summed E-state index contributed by atoms with van der Waals surface area (Å²) in [5.41, 5.74) is 0.0382. The fourth-order valence-electron chi connectivity index (χ4n) is 1.70. The molecule has 0 radical (unpaired) electrons. The molecule has 0 saturated heterocycles. The van der Waals surface area contributed by atoms with Crippen LogP contribution in [-0.2, 0) is 4.79 Å². The predicted molar refractivity (Wildman–Crippen MR) is 91.6 cm³/mol. The maximum absolute atomic E-state index is 12.3. The molecule has 1 aromatic rings. The van der Waals surface area contributed by atoms with Crippen LogP contribution in [-0.4, -0.2) is 34.8 Å². The monoisotopic (exact) mass is 367 g/mol. The Balaban J connectivity index is 3.00. The lowest BCUT2D eigenvalue weighted by atomic mass is 9.75. The van der Waals surface area contributed by atoms with E-state index in [1.54, 1.807) is 0 Å². The maximum atomic E-state index is 12.3. The van der Waals surface area contributed by atoms with Crippen LogP contribution in [0.25, 0.3) is 0 Å². The number of halogens is 2. The van der Waals surface area contributed by atoms with Gasteiger partial charge < -0.3 is 15.4 Å². The van der Waals surface area contributed by atoms with Gasteiger partial charge in [0.15, 0.2) is 5.78 Å². The Bertz CT molecular complexity index is 822. The van der Waals surface area contributed by atoms with Crippen LogP contribution in [0.3, 0.4) is 0 Å². The quantitative estimate of drug-likeness (QED) is 0.486. The highest BCUT2D eigenvalue weighted by atomic mass is 35.5. The van der Waals surface area contributed by atoms with Crippen molar-refractivity contribution in [3.8, 4) is 0 Å². The van der Waals surface area contributed by atoms with Gasteiger partial charge in [0, 0.05) is 34.4 Å². The van der Waals surface area contributed by atoms with Gasteiger partial charge in [0.1, 0.15) is 0 Å². The van der Waals surface area contributed by atoms with Crippen molar-refractivity contribution in [1.29, 1.82) is 0 Å². The van der Waals surface area contributed by atoms with Gasteiger partial charge in [-0.25, -0.2) is 0 Å². The number of amides is 1. The summed E-state index contributed by atoms with van der Waals surface area (Å²) in [6.07, 6.45) is -2.44. The van der Waals surface area contributed by atoms with Crippen LogP contribution in [0.2, 0.25) is 10.0 Å². The molecule has 0 fully saturated rings. The highest BCUT2D eigenvalue weighted by Crippen LogP contribution is 2.22. The number of carbonyl (C=O) groups excluding carboxylic acids is 2. The number of nitrogens with one attached hydrogen (secondary N) is 1. The number of Topliss-reactive ketones (excluding diaryl/α,β-unsaturated/α-hetero) is 1. The summed E-state index contributed by atoms with van der Waals surface area (Å²) >= 11 is 11.7. The van der Waals surface area contributed by atoms with E-state index in [2.05, 4.69) is 0 Å². The van der Waals surface area contributed by atoms with Gasteiger partial charge in [0.25, 0.3) is 0 Å². The zero-order chi connectivity index (χ0) is 24.4. The second kappa shape index (κ2) is 9.28. The van der Waals surface area contributed by atoms with Crippen molar-refractivity contribution in [3.63, 3.8) is 0 Å². The van der Waals surface area contributed by atoms with Crippen molar-refractivity contribution in [2.75, 3.05) is 0 Å². The lowest BCUT2D eigenvalue weighted by Crippen LogP contribution is -2.47. The SMILES string of the molecule is [2H]C([2H])([2H])C([2H])(C[C@@]([2H])(NC(=O)CCC(=O)c1cc(Cl)ccc1Cl)B(O)O)C([2H])([2H])[2H].